The summed E-state index contributed by atoms with van der Waals surface area (Å²) < 4.78 is 5.52. The topological polar surface area (TPSA) is 26.3 Å². The van der Waals surface area contributed by atoms with Gasteiger partial charge in [0.15, 0.2) is 0 Å². The Morgan fingerprint density at radius 3 is 0.964 bits per heavy atom. The number of hydrogen-bond donors (Lipinski definition) is 0. The van der Waals surface area contributed by atoms with E-state index in [1.165, 1.54) is 263 Å². The van der Waals surface area contributed by atoms with Gasteiger partial charge in [-0.25, -0.2) is 0 Å². The molecule has 0 amide bonds. The van der Waals surface area contributed by atoms with Crippen LogP contribution in [0, 0.1) is 5.92 Å². The molecule has 3 heteroatoms. The van der Waals surface area contributed by atoms with Gasteiger partial charge in [-0.15, -0.1) is 9.24 Å². The van der Waals surface area contributed by atoms with Crippen molar-refractivity contribution in [2.45, 2.75) is 322 Å². The molecule has 0 saturated carbocycles. The van der Waals surface area contributed by atoms with Crippen LogP contribution in [0.15, 0.2) is 0 Å². The molecule has 56 heavy (non-hydrogen) atoms. The van der Waals surface area contributed by atoms with Crippen LogP contribution in [0.2, 0.25) is 0 Å². The quantitative estimate of drug-likeness (QED) is 0.0348. The highest BCUT2D eigenvalue weighted by Gasteiger charge is 2.32. The average molecular weight is 807 g/mol. The lowest BCUT2D eigenvalue weighted by molar-refractivity contribution is -0.143. The van der Waals surface area contributed by atoms with Gasteiger partial charge in [0, 0.05) is 6.42 Å². The molecular weight excluding hydrogens is 700 g/mol. The lowest BCUT2D eigenvalue weighted by Gasteiger charge is -2.39. The van der Waals surface area contributed by atoms with E-state index in [1.807, 2.05) is 0 Å². The van der Waals surface area contributed by atoms with Crippen LogP contribution in [0.25, 0.3) is 0 Å². The molecule has 0 radical (unpaired) electrons. The van der Waals surface area contributed by atoms with Gasteiger partial charge < -0.3 is 4.74 Å². The summed E-state index contributed by atoms with van der Waals surface area (Å²) in [4.78, 5) is 12.4. The smallest absolute Gasteiger partial charge is 0.305 e. The summed E-state index contributed by atoms with van der Waals surface area (Å²) in [6.07, 6.45) is 61.7. The summed E-state index contributed by atoms with van der Waals surface area (Å²) in [5.41, 5.74) is 0. The predicted octanol–water partition coefficient (Wildman–Crippen LogP) is 19.4. The second-order valence-corrected chi connectivity index (χ2v) is 19.9. The Balaban J connectivity index is 5.05. The first-order chi connectivity index (χ1) is 27.5. The monoisotopic (exact) mass is 807 g/mol. The predicted molar refractivity (Wildman–Crippen MR) is 257 cm³/mol. The van der Waals surface area contributed by atoms with Crippen LogP contribution >= 0.6 is 9.24 Å². The number of carbonyl (C=O) groups excluding carboxylic acids is 1. The van der Waals surface area contributed by atoms with Crippen molar-refractivity contribution in [1.82, 2.24) is 0 Å². The molecule has 0 saturated heterocycles. The van der Waals surface area contributed by atoms with Crippen LogP contribution < -0.4 is 0 Å². The van der Waals surface area contributed by atoms with Gasteiger partial charge in [0.2, 0.25) is 0 Å². The van der Waals surface area contributed by atoms with Gasteiger partial charge in [-0.2, -0.15) is 0 Å². The second-order valence-electron chi connectivity index (χ2n) is 18.7. The molecule has 0 fully saturated rings. The van der Waals surface area contributed by atoms with E-state index in [2.05, 4.69) is 36.9 Å². The molecule has 0 aromatic carbocycles. The van der Waals surface area contributed by atoms with Crippen molar-refractivity contribution in [3.8, 4) is 0 Å². The van der Waals surface area contributed by atoms with E-state index in [-0.39, 0.29) is 5.97 Å². The van der Waals surface area contributed by atoms with Crippen molar-refractivity contribution in [1.29, 1.82) is 0 Å². The summed E-state index contributed by atoms with van der Waals surface area (Å²) in [6.45, 7) is 9.71. The molecule has 2 unspecified atom stereocenters. The van der Waals surface area contributed by atoms with E-state index in [0.29, 0.717) is 18.2 Å². The van der Waals surface area contributed by atoms with Gasteiger partial charge in [0.25, 0.3) is 0 Å². The normalized spacial score (nSPS) is 12.4. The molecule has 2 nitrogen and oxygen atoms in total. The van der Waals surface area contributed by atoms with Crippen molar-refractivity contribution >= 4 is 15.2 Å². The molecule has 0 bridgehead atoms. The molecular formula is C53H107O2P. The zero-order chi connectivity index (χ0) is 40.9. The maximum atomic E-state index is 12.4. The maximum absolute atomic E-state index is 12.4. The van der Waals surface area contributed by atoms with E-state index >= 15 is 0 Å². The summed E-state index contributed by atoms with van der Waals surface area (Å²) in [5.74, 6) is 0.799. The van der Waals surface area contributed by atoms with Crippen LogP contribution in [0.4, 0.5) is 0 Å². The minimum atomic E-state index is 0.0288. The zero-order valence-electron chi connectivity index (χ0n) is 39.5. The zero-order valence-corrected chi connectivity index (χ0v) is 40.7. The maximum Gasteiger partial charge on any atom is 0.305 e. The molecule has 0 aliphatic heterocycles. The molecule has 336 valence electrons. The molecule has 0 N–H and O–H groups in total. The molecule has 0 aliphatic rings. The first-order valence-electron chi connectivity index (χ1n) is 26.5. The van der Waals surface area contributed by atoms with Crippen molar-refractivity contribution in [2.24, 2.45) is 5.92 Å². The lowest BCUT2D eigenvalue weighted by atomic mass is 9.77. The van der Waals surface area contributed by atoms with Crippen molar-refractivity contribution in [3.05, 3.63) is 0 Å². The number of unbranched alkanes of at least 4 members (excludes halogenated alkanes) is 35. The highest BCUT2D eigenvalue weighted by Crippen LogP contribution is 2.44. The molecule has 0 aromatic rings. The summed E-state index contributed by atoms with van der Waals surface area (Å²) in [7, 11) is 3.54. The van der Waals surface area contributed by atoms with Crippen molar-refractivity contribution < 1.29 is 9.53 Å². The van der Waals surface area contributed by atoms with Gasteiger partial charge in [-0.1, -0.05) is 272 Å². The Bertz CT molecular complexity index is 724. The minimum absolute atomic E-state index is 0.0288. The van der Waals surface area contributed by atoms with Crippen molar-refractivity contribution in [2.75, 3.05) is 6.61 Å². The Kier molecular flexibility index (Phi) is 45.9. The second kappa shape index (κ2) is 46.0. The fourth-order valence-corrected chi connectivity index (χ4v) is 9.88. The highest BCUT2D eigenvalue weighted by molar-refractivity contribution is 7.19. The van der Waals surface area contributed by atoms with Gasteiger partial charge in [-0.05, 0) is 49.6 Å². The number of rotatable bonds is 48. The minimum Gasteiger partial charge on any atom is -0.466 e. The number of esters is 1. The lowest BCUT2D eigenvalue weighted by Crippen LogP contribution is -2.32. The van der Waals surface area contributed by atoms with Crippen molar-refractivity contribution in [3.63, 3.8) is 0 Å². The van der Waals surface area contributed by atoms with E-state index in [0.717, 1.165) is 25.2 Å². The Labute approximate surface area is 357 Å². The highest BCUT2D eigenvalue weighted by atomic mass is 31.0. The number of hydrogen-bond acceptors (Lipinski definition) is 2. The largest absolute Gasteiger partial charge is 0.466 e. The molecule has 0 spiro atoms. The number of carbonyl (C=O) groups is 1. The third-order valence-electron chi connectivity index (χ3n) is 13.2. The average Bonchev–Trinajstić information content (AvgIpc) is 3.20. The fraction of sp³-hybridized carbons (Fsp3) is 0.981. The van der Waals surface area contributed by atoms with E-state index in [9.17, 15) is 4.79 Å². The Morgan fingerprint density at radius 1 is 0.375 bits per heavy atom. The molecule has 0 aliphatic carbocycles. The SMILES string of the molecule is CCCCCCCCCCCCCCC(CCCCC(=O)OCCCC)C(P)(CCCCCCCCCCCCCC)CCCCCCCCCCCCCC. The van der Waals surface area contributed by atoms with Gasteiger partial charge in [0.05, 0.1) is 6.61 Å². The van der Waals surface area contributed by atoms with Crippen LogP contribution in [0.3, 0.4) is 0 Å². The van der Waals surface area contributed by atoms with Crippen LogP contribution in [-0.4, -0.2) is 17.7 Å². The Morgan fingerprint density at radius 2 is 0.643 bits per heavy atom. The standard InChI is InChI=1S/C53H107O2P/c1-5-9-13-16-19-22-25-28-31-34-37-40-45-51(46-41-42-47-52(54)55-50-12-8-4)53(56,48-43-38-35-32-29-26-23-20-17-14-10-6-2)49-44-39-36-33-30-27-24-21-18-15-11-7-3/h51H,5-50,56H2,1-4H3. The summed E-state index contributed by atoms with van der Waals surface area (Å²) in [6, 6.07) is 0. The van der Waals surface area contributed by atoms with Gasteiger partial charge in [0.1, 0.15) is 0 Å². The molecule has 2 atom stereocenters. The summed E-state index contributed by atoms with van der Waals surface area (Å²) in [5, 5.41) is 0.371. The van der Waals surface area contributed by atoms with Crippen LogP contribution in [-0.2, 0) is 9.53 Å². The molecule has 0 heterocycles. The van der Waals surface area contributed by atoms with E-state index < -0.39 is 0 Å². The van der Waals surface area contributed by atoms with Crippen LogP contribution in [0.1, 0.15) is 317 Å². The third kappa shape index (κ3) is 39.4. The number of ether oxygens (including phenoxy) is 1. The van der Waals surface area contributed by atoms with E-state index in [4.69, 9.17) is 4.74 Å². The van der Waals surface area contributed by atoms with Gasteiger partial charge >= 0.3 is 5.97 Å². The molecule has 0 rings (SSSR count). The van der Waals surface area contributed by atoms with Crippen LogP contribution in [0.5, 0.6) is 0 Å². The van der Waals surface area contributed by atoms with Gasteiger partial charge in [-0.3, -0.25) is 4.79 Å². The molecule has 0 aromatic heterocycles. The third-order valence-corrected chi connectivity index (χ3v) is 14.2. The first-order valence-corrected chi connectivity index (χ1v) is 27.1. The summed E-state index contributed by atoms with van der Waals surface area (Å²) >= 11 is 0. The first kappa shape index (κ1) is 55.9. The van der Waals surface area contributed by atoms with E-state index in [1.54, 1.807) is 0 Å². The Hall–Kier alpha value is -0.100. The fourth-order valence-electron chi connectivity index (χ4n) is 9.14.